The zero-order valence-corrected chi connectivity index (χ0v) is 19.1. The standard InChI is InChI=1S/C24H26FN3O4S/c1-17-10-12-27(13-11-17)24(30)15-28-14-22(20-4-2-3-5-21(20)28)33(31,32)16-23(29)26-19-8-6-18(25)7-9-19/h2-9,14,17H,10-13,15-16H2,1H3,(H,26,29). The maximum absolute atomic E-state index is 13.1. The van der Waals surface area contributed by atoms with Gasteiger partial charge < -0.3 is 14.8 Å². The molecule has 174 valence electrons. The topological polar surface area (TPSA) is 88.5 Å². The summed E-state index contributed by atoms with van der Waals surface area (Å²) in [5.74, 6) is -1.41. The van der Waals surface area contributed by atoms with Crippen LogP contribution in [0.4, 0.5) is 10.1 Å². The molecular formula is C24H26FN3O4S. The summed E-state index contributed by atoms with van der Waals surface area (Å²) < 4.78 is 40.9. The number of piperidine rings is 1. The monoisotopic (exact) mass is 471 g/mol. The van der Waals surface area contributed by atoms with E-state index in [1.54, 1.807) is 28.8 Å². The first kappa shape index (κ1) is 23.0. The first-order valence-corrected chi connectivity index (χ1v) is 12.5. The summed E-state index contributed by atoms with van der Waals surface area (Å²) >= 11 is 0. The second-order valence-electron chi connectivity index (χ2n) is 8.52. The number of rotatable bonds is 6. The minimum Gasteiger partial charge on any atom is -0.341 e. The van der Waals surface area contributed by atoms with Crippen molar-refractivity contribution in [1.82, 2.24) is 9.47 Å². The third kappa shape index (κ3) is 5.24. The fourth-order valence-corrected chi connectivity index (χ4v) is 5.44. The first-order valence-electron chi connectivity index (χ1n) is 10.9. The van der Waals surface area contributed by atoms with Crippen LogP contribution in [0.1, 0.15) is 19.8 Å². The normalized spacial score (nSPS) is 15.0. The number of likely N-dealkylation sites (tertiary alicyclic amines) is 1. The van der Waals surface area contributed by atoms with Gasteiger partial charge in [0.2, 0.25) is 11.8 Å². The number of nitrogens with one attached hydrogen (secondary N) is 1. The summed E-state index contributed by atoms with van der Waals surface area (Å²) in [6, 6.07) is 12.0. The highest BCUT2D eigenvalue weighted by Crippen LogP contribution is 2.27. The average Bonchev–Trinajstić information content (AvgIpc) is 3.15. The SMILES string of the molecule is CC1CCN(C(=O)Cn2cc(S(=O)(=O)CC(=O)Nc3ccc(F)cc3)c3ccccc32)CC1. The second-order valence-corrected chi connectivity index (χ2v) is 10.5. The maximum atomic E-state index is 13.1. The number of amides is 2. The van der Waals surface area contributed by atoms with Gasteiger partial charge in [-0.1, -0.05) is 25.1 Å². The lowest BCUT2D eigenvalue weighted by Crippen LogP contribution is -2.39. The molecule has 9 heteroatoms. The van der Waals surface area contributed by atoms with Gasteiger partial charge in [0.25, 0.3) is 0 Å². The highest BCUT2D eigenvalue weighted by molar-refractivity contribution is 7.92. The Labute approximate surface area is 192 Å². The van der Waals surface area contributed by atoms with Crippen molar-refractivity contribution in [1.29, 1.82) is 0 Å². The fraction of sp³-hybridized carbons (Fsp3) is 0.333. The van der Waals surface area contributed by atoms with E-state index in [1.165, 1.54) is 30.5 Å². The third-order valence-electron chi connectivity index (χ3n) is 5.98. The predicted octanol–water partition coefficient (Wildman–Crippen LogP) is 3.45. The van der Waals surface area contributed by atoms with Crippen LogP contribution in [0.15, 0.2) is 59.6 Å². The molecule has 4 rings (SSSR count). The Morgan fingerprint density at radius 3 is 2.42 bits per heavy atom. The number of anilines is 1. The molecule has 0 aliphatic carbocycles. The summed E-state index contributed by atoms with van der Waals surface area (Å²) in [4.78, 5) is 27.1. The van der Waals surface area contributed by atoms with E-state index in [9.17, 15) is 22.4 Å². The molecule has 0 saturated carbocycles. The molecule has 0 unspecified atom stereocenters. The van der Waals surface area contributed by atoms with Crippen molar-refractivity contribution in [3.63, 3.8) is 0 Å². The average molecular weight is 472 g/mol. The summed E-state index contributed by atoms with van der Waals surface area (Å²) in [5, 5.41) is 2.94. The Bertz CT molecular complexity index is 1280. The second kappa shape index (κ2) is 9.35. The van der Waals surface area contributed by atoms with Crippen LogP contribution < -0.4 is 5.32 Å². The molecule has 2 amide bonds. The molecule has 1 N–H and O–H groups in total. The van der Waals surface area contributed by atoms with Crippen LogP contribution in [0.5, 0.6) is 0 Å². The van der Waals surface area contributed by atoms with Crippen LogP contribution in [0.3, 0.4) is 0 Å². The van der Waals surface area contributed by atoms with Gasteiger partial charge in [0.15, 0.2) is 9.84 Å². The lowest BCUT2D eigenvalue weighted by Gasteiger charge is -2.30. The number of carbonyl (C=O) groups excluding carboxylic acids is 2. The Morgan fingerprint density at radius 2 is 1.73 bits per heavy atom. The van der Waals surface area contributed by atoms with Gasteiger partial charge in [-0.05, 0) is 49.1 Å². The van der Waals surface area contributed by atoms with Crippen LogP contribution in [-0.2, 0) is 26.0 Å². The minimum absolute atomic E-state index is 0.00687. The van der Waals surface area contributed by atoms with E-state index < -0.39 is 27.3 Å². The van der Waals surface area contributed by atoms with E-state index in [1.807, 2.05) is 4.90 Å². The van der Waals surface area contributed by atoms with Gasteiger partial charge in [-0.25, -0.2) is 12.8 Å². The molecule has 1 aliphatic heterocycles. The van der Waals surface area contributed by atoms with E-state index >= 15 is 0 Å². The lowest BCUT2D eigenvalue weighted by molar-refractivity contribution is -0.133. The third-order valence-corrected chi connectivity index (χ3v) is 7.62. The molecule has 0 atom stereocenters. The molecule has 1 aliphatic rings. The minimum atomic E-state index is -3.99. The Morgan fingerprint density at radius 1 is 1.06 bits per heavy atom. The smallest absolute Gasteiger partial charge is 0.242 e. The van der Waals surface area contributed by atoms with Crippen LogP contribution in [0, 0.1) is 11.7 Å². The summed E-state index contributed by atoms with van der Waals surface area (Å²) in [6.45, 7) is 3.61. The van der Waals surface area contributed by atoms with Crippen molar-refractivity contribution >= 4 is 38.2 Å². The van der Waals surface area contributed by atoms with Crippen molar-refractivity contribution in [2.45, 2.75) is 31.2 Å². The fourth-order valence-electron chi connectivity index (χ4n) is 4.08. The zero-order chi connectivity index (χ0) is 23.6. The number of nitrogens with zero attached hydrogens (tertiary/aromatic N) is 2. The largest absolute Gasteiger partial charge is 0.341 e. The van der Waals surface area contributed by atoms with Crippen LogP contribution >= 0.6 is 0 Å². The Kier molecular flexibility index (Phi) is 6.51. The molecule has 33 heavy (non-hydrogen) atoms. The number of hydrogen-bond donors (Lipinski definition) is 1. The number of benzene rings is 2. The lowest BCUT2D eigenvalue weighted by atomic mass is 9.99. The number of halogens is 1. The number of aromatic nitrogens is 1. The number of fused-ring (bicyclic) bond motifs is 1. The van der Waals surface area contributed by atoms with Crippen molar-refractivity contribution in [3.05, 3.63) is 60.5 Å². The number of sulfone groups is 1. The van der Waals surface area contributed by atoms with Crippen molar-refractivity contribution in [3.8, 4) is 0 Å². The van der Waals surface area contributed by atoms with E-state index in [0.29, 0.717) is 35.6 Å². The van der Waals surface area contributed by atoms with Gasteiger partial charge in [0, 0.05) is 35.9 Å². The molecule has 0 spiro atoms. The molecule has 2 aromatic carbocycles. The van der Waals surface area contributed by atoms with Gasteiger partial charge in [-0.3, -0.25) is 9.59 Å². The quantitative estimate of drug-likeness (QED) is 0.597. The molecule has 2 heterocycles. The van der Waals surface area contributed by atoms with Gasteiger partial charge in [-0.15, -0.1) is 0 Å². The summed E-state index contributed by atoms with van der Waals surface area (Å²) in [5.41, 5.74) is 0.925. The van der Waals surface area contributed by atoms with Crippen LogP contribution in [0.25, 0.3) is 10.9 Å². The highest BCUT2D eigenvalue weighted by Gasteiger charge is 2.26. The number of carbonyl (C=O) groups is 2. The summed E-state index contributed by atoms with van der Waals surface area (Å²) in [7, 11) is -3.99. The Hall–Kier alpha value is -3.20. The molecule has 0 bridgehead atoms. The van der Waals surface area contributed by atoms with E-state index in [2.05, 4.69) is 12.2 Å². The molecule has 1 saturated heterocycles. The molecular weight excluding hydrogens is 445 g/mol. The molecule has 7 nitrogen and oxygen atoms in total. The number of hydrogen-bond acceptors (Lipinski definition) is 4. The van der Waals surface area contributed by atoms with E-state index in [-0.39, 0.29) is 17.3 Å². The van der Waals surface area contributed by atoms with Crippen molar-refractivity contribution in [2.75, 3.05) is 24.2 Å². The zero-order valence-electron chi connectivity index (χ0n) is 18.3. The molecule has 1 aromatic heterocycles. The number of para-hydroxylation sites is 1. The Balaban J connectivity index is 1.55. The van der Waals surface area contributed by atoms with Gasteiger partial charge in [0.1, 0.15) is 18.1 Å². The van der Waals surface area contributed by atoms with Crippen LogP contribution in [0.2, 0.25) is 0 Å². The van der Waals surface area contributed by atoms with Crippen molar-refractivity contribution < 1.29 is 22.4 Å². The molecule has 1 fully saturated rings. The molecule has 3 aromatic rings. The first-order chi connectivity index (χ1) is 15.7. The summed E-state index contributed by atoms with van der Waals surface area (Å²) in [6.07, 6.45) is 3.36. The van der Waals surface area contributed by atoms with E-state index in [4.69, 9.17) is 0 Å². The van der Waals surface area contributed by atoms with Crippen molar-refractivity contribution in [2.24, 2.45) is 5.92 Å². The molecule has 0 radical (unpaired) electrons. The van der Waals surface area contributed by atoms with Gasteiger partial charge in [-0.2, -0.15) is 0 Å². The predicted molar refractivity (Wildman–Crippen MR) is 124 cm³/mol. The van der Waals surface area contributed by atoms with Gasteiger partial charge >= 0.3 is 0 Å². The highest BCUT2D eigenvalue weighted by atomic mass is 32.2. The van der Waals surface area contributed by atoms with Gasteiger partial charge in [0.05, 0.1) is 4.90 Å². The van der Waals surface area contributed by atoms with E-state index in [0.717, 1.165) is 12.8 Å². The maximum Gasteiger partial charge on any atom is 0.242 e. The van der Waals surface area contributed by atoms with Crippen LogP contribution in [-0.4, -0.2) is 48.5 Å².